The van der Waals surface area contributed by atoms with Gasteiger partial charge >= 0.3 is 6.03 Å². The topological polar surface area (TPSA) is 69.7 Å². The molecule has 2 aliphatic rings. The number of nitrogens with one attached hydrogen (secondary N) is 1. The number of amides is 4. The van der Waals surface area contributed by atoms with E-state index in [2.05, 4.69) is 5.32 Å². The summed E-state index contributed by atoms with van der Waals surface area (Å²) >= 11 is 0. The molecule has 0 aromatic heterocycles. The molecule has 30 heavy (non-hydrogen) atoms. The number of halogens is 1. The largest absolute Gasteiger partial charge is 0.369 e. The van der Waals surface area contributed by atoms with Gasteiger partial charge in [0.15, 0.2) is 0 Å². The molecular weight excluding hydrogens is 385 g/mol. The van der Waals surface area contributed by atoms with Crippen molar-refractivity contribution in [2.75, 3.05) is 22.9 Å². The van der Waals surface area contributed by atoms with Crippen LogP contribution in [0.15, 0.2) is 42.0 Å². The second kappa shape index (κ2) is 7.74. The first-order valence-corrected chi connectivity index (χ1v) is 9.88. The molecule has 0 spiro atoms. The zero-order valence-corrected chi connectivity index (χ0v) is 16.9. The summed E-state index contributed by atoms with van der Waals surface area (Å²) in [7, 11) is 0. The number of carbonyl (C=O) groups is 3. The van der Waals surface area contributed by atoms with Gasteiger partial charge < -0.3 is 4.90 Å². The van der Waals surface area contributed by atoms with Gasteiger partial charge in [0.2, 0.25) is 0 Å². The Balaban J connectivity index is 1.71. The fraction of sp³-hybridized carbons (Fsp3) is 0.261. The number of aryl methyl sites for hydroxylation is 2. The highest BCUT2D eigenvalue weighted by Gasteiger charge is 2.37. The molecule has 2 aliphatic heterocycles. The molecule has 1 N–H and O–H groups in total. The van der Waals surface area contributed by atoms with Crippen molar-refractivity contribution >= 4 is 35.3 Å². The van der Waals surface area contributed by atoms with Crippen LogP contribution in [0.3, 0.4) is 0 Å². The molecule has 0 atom stereocenters. The summed E-state index contributed by atoms with van der Waals surface area (Å²) < 4.78 is 14.8. The highest BCUT2D eigenvalue weighted by Crippen LogP contribution is 2.29. The van der Waals surface area contributed by atoms with Gasteiger partial charge in [-0.25, -0.2) is 14.1 Å². The second-order valence-electron chi connectivity index (χ2n) is 7.65. The molecule has 0 aliphatic carbocycles. The van der Waals surface area contributed by atoms with E-state index in [1.54, 1.807) is 31.2 Å². The number of benzene rings is 2. The average molecular weight is 407 g/mol. The molecule has 2 heterocycles. The maximum absolute atomic E-state index is 14.8. The Hall–Kier alpha value is -3.48. The third kappa shape index (κ3) is 3.58. The van der Waals surface area contributed by atoms with E-state index < -0.39 is 23.7 Å². The lowest BCUT2D eigenvalue weighted by Crippen LogP contribution is -2.54. The Morgan fingerprint density at radius 3 is 2.47 bits per heavy atom. The molecule has 6 nitrogen and oxygen atoms in total. The fourth-order valence-electron chi connectivity index (χ4n) is 3.85. The Kier molecular flexibility index (Phi) is 5.11. The molecule has 2 aromatic rings. The van der Waals surface area contributed by atoms with E-state index in [9.17, 15) is 18.8 Å². The zero-order valence-electron chi connectivity index (χ0n) is 16.9. The molecular formula is C23H22FN3O3. The van der Waals surface area contributed by atoms with Crippen molar-refractivity contribution in [2.24, 2.45) is 0 Å². The van der Waals surface area contributed by atoms with Gasteiger partial charge in [0, 0.05) is 13.1 Å². The van der Waals surface area contributed by atoms with Crippen molar-refractivity contribution in [2.45, 2.75) is 26.7 Å². The summed E-state index contributed by atoms with van der Waals surface area (Å²) in [5.74, 6) is -1.93. The van der Waals surface area contributed by atoms with Gasteiger partial charge in [-0.1, -0.05) is 12.1 Å². The highest BCUT2D eigenvalue weighted by atomic mass is 19.1. The monoisotopic (exact) mass is 407 g/mol. The van der Waals surface area contributed by atoms with Crippen LogP contribution in [0, 0.1) is 19.7 Å². The van der Waals surface area contributed by atoms with E-state index in [-0.39, 0.29) is 5.57 Å². The minimum atomic E-state index is -0.806. The Bertz CT molecular complexity index is 1090. The molecule has 2 fully saturated rings. The Morgan fingerprint density at radius 1 is 1.03 bits per heavy atom. The molecule has 0 unspecified atom stereocenters. The van der Waals surface area contributed by atoms with Crippen LogP contribution in [0.1, 0.15) is 29.5 Å². The molecule has 154 valence electrons. The predicted molar refractivity (Wildman–Crippen MR) is 113 cm³/mol. The highest BCUT2D eigenvalue weighted by molar-refractivity contribution is 6.39. The molecule has 0 bridgehead atoms. The predicted octanol–water partition coefficient (Wildman–Crippen LogP) is 3.71. The molecule has 7 heteroatoms. The van der Waals surface area contributed by atoms with Gasteiger partial charge in [0.1, 0.15) is 11.4 Å². The van der Waals surface area contributed by atoms with Crippen LogP contribution in [-0.2, 0) is 9.59 Å². The molecule has 0 saturated carbocycles. The van der Waals surface area contributed by atoms with Crippen LogP contribution >= 0.6 is 0 Å². The third-order valence-electron chi connectivity index (χ3n) is 5.44. The number of hydrogen-bond donors (Lipinski definition) is 1. The van der Waals surface area contributed by atoms with Crippen LogP contribution in [0.4, 0.5) is 20.6 Å². The van der Waals surface area contributed by atoms with Crippen molar-refractivity contribution in [1.82, 2.24) is 5.32 Å². The van der Waals surface area contributed by atoms with Crippen LogP contribution < -0.4 is 15.1 Å². The Labute approximate surface area is 174 Å². The van der Waals surface area contributed by atoms with Crippen molar-refractivity contribution in [3.8, 4) is 0 Å². The number of imide groups is 2. The number of rotatable bonds is 3. The first-order chi connectivity index (χ1) is 14.3. The smallest absolute Gasteiger partial charge is 0.335 e. The fourth-order valence-corrected chi connectivity index (χ4v) is 3.85. The van der Waals surface area contributed by atoms with E-state index in [0.717, 1.165) is 42.0 Å². The molecule has 2 aromatic carbocycles. The number of carbonyl (C=O) groups excluding carboxylic acids is 3. The lowest BCUT2D eigenvalue weighted by molar-refractivity contribution is -0.122. The Morgan fingerprint density at radius 2 is 1.77 bits per heavy atom. The van der Waals surface area contributed by atoms with Gasteiger partial charge in [0.05, 0.1) is 11.4 Å². The molecule has 0 radical (unpaired) electrons. The second-order valence-corrected chi connectivity index (χ2v) is 7.65. The molecule has 4 rings (SSSR count). The summed E-state index contributed by atoms with van der Waals surface area (Å²) in [6.07, 6.45) is 3.41. The summed E-state index contributed by atoms with van der Waals surface area (Å²) in [4.78, 5) is 40.6. The number of anilines is 2. The SMILES string of the molecule is Cc1cccc(N2C(=O)NC(=O)/C(=C\c3cc(F)c(N4CCCC4)cc3C)C2=O)c1. The number of nitrogens with zero attached hydrogens (tertiary/aromatic N) is 2. The van der Waals surface area contributed by atoms with Crippen molar-refractivity contribution < 1.29 is 18.8 Å². The van der Waals surface area contributed by atoms with E-state index >= 15 is 0 Å². The van der Waals surface area contributed by atoms with Gasteiger partial charge in [0.25, 0.3) is 11.8 Å². The minimum absolute atomic E-state index is 0.215. The quantitative estimate of drug-likeness (QED) is 0.622. The number of urea groups is 1. The average Bonchev–Trinajstić information content (AvgIpc) is 3.22. The number of barbiturate groups is 1. The van der Waals surface area contributed by atoms with Crippen LogP contribution in [0.2, 0.25) is 0 Å². The molecule has 4 amide bonds. The third-order valence-corrected chi connectivity index (χ3v) is 5.44. The van der Waals surface area contributed by atoms with Crippen LogP contribution in [-0.4, -0.2) is 30.9 Å². The maximum Gasteiger partial charge on any atom is 0.335 e. The van der Waals surface area contributed by atoms with Gasteiger partial charge in [-0.2, -0.15) is 0 Å². The van der Waals surface area contributed by atoms with Crippen molar-refractivity contribution in [3.63, 3.8) is 0 Å². The lowest BCUT2D eigenvalue weighted by atomic mass is 10.0. The van der Waals surface area contributed by atoms with Gasteiger partial charge in [-0.3, -0.25) is 14.9 Å². The van der Waals surface area contributed by atoms with E-state index in [4.69, 9.17) is 0 Å². The summed E-state index contributed by atoms with van der Waals surface area (Å²) in [5, 5.41) is 2.20. The van der Waals surface area contributed by atoms with E-state index in [1.165, 1.54) is 12.1 Å². The normalized spacial score (nSPS) is 18.4. The van der Waals surface area contributed by atoms with E-state index in [1.807, 2.05) is 17.9 Å². The summed E-state index contributed by atoms with van der Waals surface area (Å²) in [5.41, 5.74) is 2.71. The minimum Gasteiger partial charge on any atom is -0.369 e. The zero-order chi connectivity index (χ0) is 21.4. The van der Waals surface area contributed by atoms with Crippen molar-refractivity contribution in [1.29, 1.82) is 0 Å². The van der Waals surface area contributed by atoms with Gasteiger partial charge in [-0.15, -0.1) is 0 Å². The summed E-state index contributed by atoms with van der Waals surface area (Å²) in [6, 6.07) is 9.13. The first kappa shape index (κ1) is 19.8. The van der Waals surface area contributed by atoms with Gasteiger partial charge in [-0.05, 0) is 73.7 Å². The van der Waals surface area contributed by atoms with E-state index in [0.29, 0.717) is 16.9 Å². The first-order valence-electron chi connectivity index (χ1n) is 9.88. The standard InChI is InChI=1S/C23H22FN3O3/c1-14-6-5-7-17(10-14)27-22(29)18(21(28)25-23(27)30)12-16-13-19(24)20(11-15(16)2)26-8-3-4-9-26/h5-7,10-13H,3-4,8-9H2,1-2H3,(H,25,28,30)/b18-12+. The molecule has 2 saturated heterocycles. The van der Waals surface area contributed by atoms with Crippen molar-refractivity contribution in [3.05, 3.63) is 64.5 Å². The van der Waals surface area contributed by atoms with Crippen LogP contribution in [0.5, 0.6) is 0 Å². The number of hydrogen-bond acceptors (Lipinski definition) is 4. The summed E-state index contributed by atoms with van der Waals surface area (Å²) in [6.45, 7) is 5.27. The van der Waals surface area contributed by atoms with Crippen LogP contribution in [0.25, 0.3) is 6.08 Å². The maximum atomic E-state index is 14.8. The lowest BCUT2D eigenvalue weighted by Gasteiger charge is -2.26.